The average Bonchev–Trinajstić information content (AvgIpc) is 3.02. The van der Waals surface area contributed by atoms with Gasteiger partial charge in [-0.1, -0.05) is 15.9 Å². The van der Waals surface area contributed by atoms with Crippen LogP contribution < -0.4 is 25.6 Å². The molecule has 3 aromatic rings. The second-order valence-electron chi connectivity index (χ2n) is 6.62. The first-order valence-corrected chi connectivity index (χ1v) is 9.62. The number of aromatic nitrogens is 1. The molecule has 4 rings (SSSR count). The normalized spacial score (nSPS) is 13.0. The molecule has 8 nitrogen and oxygen atoms in total. The number of nitrogens with one attached hydrogen (secondary N) is 2. The lowest BCUT2D eigenvalue weighted by molar-refractivity contribution is -0.123. The molecule has 9 heteroatoms. The molecule has 0 radical (unpaired) electrons. The molecule has 1 aromatic heterocycles. The molecule has 0 fully saturated rings. The van der Waals surface area contributed by atoms with Crippen molar-refractivity contribution in [1.82, 2.24) is 10.4 Å². The number of rotatable bonds is 4. The molecule has 0 saturated heterocycles. The third kappa shape index (κ3) is 3.22. The van der Waals surface area contributed by atoms with E-state index in [4.69, 9.17) is 15.3 Å². The predicted octanol–water partition coefficient (Wildman–Crippen LogP) is 2.49. The van der Waals surface area contributed by atoms with Gasteiger partial charge in [-0.3, -0.25) is 15.0 Å². The van der Waals surface area contributed by atoms with Crippen LogP contribution in [0.5, 0.6) is 11.5 Å². The van der Waals surface area contributed by atoms with Crippen molar-refractivity contribution >= 4 is 44.3 Å². The number of nitrogens with two attached hydrogens (primary N) is 1. The summed E-state index contributed by atoms with van der Waals surface area (Å²) in [5.41, 5.74) is 5.94. The smallest absolute Gasteiger partial charge is 0.253 e. The van der Waals surface area contributed by atoms with Gasteiger partial charge < -0.3 is 19.4 Å². The van der Waals surface area contributed by atoms with Gasteiger partial charge in [0, 0.05) is 27.0 Å². The zero-order valence-corrected chi connectivity index (χ0v) is 17.4. The number of hydrogen-bond donors (Lipinski definition) is 3. The first kappa shape index (κ1) is 19.3. The molecule has 2 heterocycles. The number of halogens is 1. The first-order chi connectivity index (χ1) is 14.0. The standard InChI is InChI=1S/C20H19BrN4O4/c1-28-16-6-13-15(8-17(16)29-2)25(9-18(26)24-22)19(27)7-12-11-5-10(21)3-4-14(11)23-20(12)13/h3-6,8,23H,7,9,22H2,1-2H3,(H,24,26). The van der Waals surface area contributed by atoms with E-state index in [2.05, 4.69) is 26.3 Å². The highest BCUT2D eigenvalue weighted by Gasteiger charge is 2.31. The van der Waals surface area contributed by atoms with Crippen molar-refractivity contribution in [3.8, 4) is 22.8 Å². The summed E-state index contributed by atoms with van der Waals surface area (Å²) in [5.74, 6) is 5.54. The van der Waals surface area contributed by atoms with Gasteiger partial charge in [0.2, 0.25) is 5.91 Å². The van der Waals surface area contributed by atoms with E-state index in [1.807, 2.05) is 24.3 Å². The number of nitrogens with zero attached hydrogens (tertiary/aromatic N) is 1. The van der Waals surface area contributed by atoms with Crippen molar-refractivity contribution in [3.63, 3.8) is 0 Å². The number of hydrogen-bond acceptors (Lipinski definition) is 5. The Bertz CT molecular complexity index is 1140. The van der Waals surface area contributed by atoms with Crippen molar-refractivity contribution in [2.45, 2.75) is 6.42 Å². The summed E-state index contributed by atoms with van der Waals surface area (Å²) in [6.45, 7) is -0.205. The minimum Gasteiger partial charge on any atom is -0.493 e. The quantitative estimate of drug-likeness (QED) is 0.316. The van der Waals surface area contributed by atoms with Gasteiger partial charge in [-0.25, -0.2) is 5.84 Å². The molecule has 0 bridgehead atoms. The van der Waals surface area contributed by atoms with Crippen molar-refractivity contribution in [1.29, 1.82) is 0 Å². The number of methoxy groups -OCH3 is 2. The zero-order chi connectivity index (χ0) is 20.7. The Balaban J connectivity index is 2.02. The Kier molecular flexibility index (Phi) is 4.93. The fraction of sp³-hybridized carbons (Fsp3) is 0.200. The number of H-pyrrole nitrogens is 1. The summed E-state index contributed by atoms with van der Waals surface area (Å²) in [6.07, 6.45) is 0.128. The number of carbonyl (C=O) groups excluding carboxylic acids is 2. The van der Waals surface area contributed by atoms with Crippen LogP contribution in [-0.2, 0) is 16.0 Å². The van der Waals surface area contributed by atoms with Crippen LogP contribution in [0.2, 0.25) is 0 Å². The van der Waals surface area contributed by atoms with Gasteiger partial charge in [-0.05, 0) is 29.8 Å². The molecule has 0 aliphatic carbocycles. The third-order valence-corrected chi connectivity index (χ3v) is 5.52. The van der Waals surface area contributed by atoms with Crippen molar-refractivity contribution in [2.24, 2.45) is 5.84 Å². The van der Waals surface area contributed by atoms with Gasteiger partial charge in [0.15, 0.2) is 11.5 Å². The SMILES string of the molecule is COc1cc2c(cc1OC)N(CC(=O)NN)C(=O)Cc1c-2[nH]c2ccc(Br)cc12. The van der Waals surface area contributed by atoms with E-state index in [1.54, 1.807) is 13.2 Å². The maximum Gasteiger partial charge on any atom is 0.253 e. The lowest BCUT2D eigenvalue weighted by Crippen LogP contribution is -2.43. The molecule has 0 unspecified atom stereocenters. The maximum atomic E-state index is 13.2. The van der Waals surface area contributed by atoms with Crippen molar-refractivity contribution in [2.75, 3.05) is 25.7 Å². The van der Waals surface area contributed by atoms with E-state index in [0.717, 1.165) is 32.2 Å². The molecule has 4 N–H and O–H groups in total. The van der Waals surface area contributed by atoms with Gasteiger partial charge >= 0.3 is 0 Å². The Morgan fingerprint density at radius 3 is 2.66 bits per heavy atom. The Hall–Kier alpha value is -3.04. The number of benzene rings is 2. The van der Waals surface area contributed by atoms with E-state index in [-0.39, 0.29) is 18.9 Å². The van der Waals surface area contributed by atoms with Crippen LogP contribution in [0.15, 0.2) is 34.8 Å². The summed E-state index contributed by atoms with van der Waals surface area (Å²) < 4.78 is 11.8. The van der Waals surface area contributed by atoms with Crippen LogP contribution in [0.1, 0.15) is 5.56 Å². The summed E-state index contributed by atoms with van der Waals surface area (Å²) in [4.78, 5) is 30.0. The van der Waals surface area contributed by atoms with Gasteiger partial charge in [-0.15, -0.1) is 0 Å². The molecule has 0 spiro atoms. The summed E-state index contributed by atoms with van der Waals surface area (Å²) >= 11 is 3.49. The van der Waals surface area contributed by atoms with Crippen LogP contribution in [0.4, 0.5) is 5.69 Å². The first-order valence-electron chi connectivity index (χ1n) is 8.83. The minimum absolute atomic E-state index is 0.128. The molecule has 1 aliphatic heterocycles. The molecule has 2 amide bonds. The highest BCUT2D eigenvalue weighted by Crippen LogP contribution is 2.45. The second kappa shape index (κ2) is 7.41. The number of hydrazine groups is 1. The van der Waals surface area contributed by atoms with Crippen molar-refractivity contribution in [3.05, 3.63) is 40.4 Å². The van der Waals surface area contributed by atoms with Crippen molar-refractivity contribution < 1.29 is 19.1 Å². The Morgan fingerprint density at radius 2 is 1.97 bits per heavy atom. The van der Waals surface area contributed by atoms with Crippen LogP contribution in [0.25, 0.3) is 22.2 Å². The summed E-state index contributed by atoms with van der Waals surface area (Å²) in [6, 6.07) is 9.38. The van der Waals surface area contributed by atoms with Crippen LogP contribution in [-0.4, -0.2) is 37.6 Å². The van der Waals surface area contributed by atoms with E-state index in [1.165, 1.54) is 12.0 Å². The molecule has 0 saturated carbocycles. The van der Waals surface area contributed by atoms with Crippen LogP contribution in [0.3, 0.4) is 0 Å². The number of anilines is 1. The topological polar surface area (TPSA) is 110 Å². The maximum absolute atomic E-state index is 13.2. The summed E-state index contributed by atoms with van der Waals surface area (Å²) in [7, 11) is 3.07. The predicted molar refractivity (Wildman–Crippen MR) is 113 cm³/mol. The van der Waals surface area contributed by atoms with Gasteiger partial charge in [0.1, 0.15) is 6.54 Å². The van der Waals surface area contributed by atoms with E-state index in [0.29, 0.717) is 17.2 Å². The lowest BCUT2D eigenvalue weighted by atomic mass is 10.0. The Morgan fingerprint density at radius 1 is 1.24 bits per heavy atom. The van der Waals surface area contributed by atoms with Crippen LogP contribution >= 0.6 is 15.9 Å². The molecule has 29 heavy (non-hydrogen) atoms. The minimum atomic E-state index is -0.475. The van der Waals surface area contributed by atoms with E-state index < -0.39 is 5.91 Å². The molecule has 2 aromatic carbocycles. The van der Waals surface area contributed by atoms with Gasteiger partial charge in [0.25, 0.3) is 5.91 Å². The monoisotopic (exact) mass is 458 g/mol. The molecule has 0 atom stereocenters. The van der Waals surface area contributed by atoms with E-state index >= 15 is 0 Å². The molecule has 1 aliphatic rings. The highest BCUT2D eigenvalue weighted by molar-refractivity contribution is 9.10. The molecular formula is C20H19BrN4O4. The highest BCUT2D eigenvalue weighted by atomic mass is 79.9. The largest absolute Gasteiger partial charge is 0.493 e. The number of amides is 2. The number of aromatic amines is 1. The van der Waals surface area contributed by atoms with Gasteiger partial charge in [0.05, 0.1) is 32.0 Å². The number of fused-ring (bicyclic) bond motifs is 5. The summed E-state index contributed by atoms with van der Waals surface area (Å²) in [5, 5.41) is 0.939. The fourth-order valence-corrected chi connectivity index (χ4v) is 4.03. The number of ether oxygens (including phenoxy) is 2. The fourth-order valence-electron chi connectivity index (χ4n) is 3.67. The number of carbonyl (C=O) groups is 2. The molecule has 150 valence electrons. The third-order valence-electron chi connectivity index (χ3n) is 5.02. The van der Waals surface area contributed by atoms with Gasteiger partial charge in [-0.2, -0.15) is 0 Å². The van der Waals surface area contributed by atoms with Crippen LogP contribution in [0, 0.1) is 0 Å². The molecular weight excluding hydrogens is 440 g/mol. The van der Waals surface area contributed by atoms with E-state index in [9.17, 15) is 9.59 Å². The average molecular weight is 459 g/mol. The lowest BCUT2D eigenvalue weighted by Gasteiger charge is -2.23. The zero-order valence-electron chi connectivity index (χ0n) is 15.8. The Labute approximate surface area is 175 Å². The second-order valence-corrected chi connectivity index (χ2v) is 7.53.